The van der Waals surface area contributed by atoms with Crippen molar-refractivity contribution in [2.45, 2.75) is 20.3 Å². The third-order valence-corrected chi connectivity index (χ3v) is 4.56. The molecule has 6 nitrogen and oxygen atoms in total. The van der Waals surface area contributed by atoms with Crippen molar-refractivity contribution in [1.29, 1.82) is 0 Å². The Labute approximate surface area is 142 Å². The highest BCUT2D eigenvalue weighted by Crippen LogP contribution is 2.18. The minimum absolute atomic E-state index is 0. The van der Waals surface area contributed by atoms with Crippen molar-refractivity contribution in [3.63, 3.8) is 0 Å². The minimum atomic E-state index is 0. The summed E-state index contributed by atoms with van der Waals surface area (Å²) in [6.07, 6.45) is 0.922. The van der Waals surface area contributed by atoms with Crippen LogP contribution in [-0.2, 0) is 4.79 Å². The highest BCUT2D eigenvalue weighted by atomic mass is 35.5. The highest BCUT2D eigenvalue weighted by molar-refractivity contribution is 5.95. The van der Waals surface area contributed by atoms with Crippen LogP contribution in [0.25, 0.3) is 0 Å². The lowest BCUT2D eigenvalue weighted by atomic mass is 10.1. The van der Waals surface area contributed by atoms with Gasteiger partial charge in [-0.25, -0.2) is 0 Å². The molecule has 2 fully saturated rings. The van der Waals surface area contributed by atoms with Crippen LogP contribution in [0.2, 0.25) is 0 Å². The number of hydrogen-bond acceptors (Lipinski definition) is 4. The first-order chi connectivity index (χ1) is 10.6. The van der Waals surface area contributed by atoms with E-state index in [1.807, 2.05) is 23.6 Å². The lowest BCUT2D eigenvalue weighted by Gasteiger charge is -2.35. The predicted octanol–water partition coefficient (Wildman–Crippen LogP) is 1.21. The normalized spacial score (nSPS) is 21.2. The zero-order valence-corrected chi connectivity index (χ0v) is 14.4. The number of piperazine rings is 1. The van der Waals surface area contributed by atoms with Crippen LogP contribution in [-0.4, -0.2) is 60.9 Å². The molecule has 1 unspecified atom stereocenters. The number of furan rings is 1. The van der Waals surface area contributed by atoms with Gasteiger partial charge in [0.05, 0.1) is 11.5 Å². The van der Waals surface area contributed by atoms with Gasteiger partial charge in [-0.2, -0.15) is 0 Å². The van der Waals surface area contributed by atoms with Crippen molar-refractivity contribution in [3.8, 4) is 0 Å². The van der Waals surface area contributed by atoms with Gasteiger partial charge in [-0.3, -0.25) is 9.59 Å². The van der Waals surface area contributed by atoms with Gasteiger partial charge in [-0.1, -0.05) is 0 Å². The predicted molar refractivity (Wildman–Crippen MR) is 88.9 cm³/mol. The number of carbonyl (C=O) groups is 2. The molecule has 3 rings (SSSR count). The maximum Gasteiger partial charge on any atom is 0.257 e. The standard InChI is InChI=1S/C16H23N3O3.ClH/c1-11-9-14(12(2)22-11)16(21)19-7-5-18(6-8-19)15(20)13-3-4-17-10-13;/h9,13,17H,3-8,10H2,1-2H3;1H. The Morgan fingerprint density at radius 2 is 1.83 bits per heavy atom. The van der Waals surface area contributed by atoms with E-state index in [2.05, 4.69) is 5.32 Å². The Balaban J connectivity index is 0.00000192. The molecule has 128 valence electrons. The molecule has 2 amide bonds. The Morgan fingerprint density at radius 3 is 2.35 bits per heavy atom. The summed E-state index contributed by atoms with van der Waals surface area (Å²) in [6.45, 7) is 7.79. The molecule has 1 aromatic rings. The largest absolute Gasteiger partial charge is 0.466 e. The van der Waals surface area contributed by atoms with Gasteiger partial charge in [0.25, 0.3) is 5.91 Å². The second-order valence-corrected chi connectivity index (χ2v) is 6.13. The second-order valence-electron chi connectivity index (χ2n) is 6.13. The number of amides is 2. The van der Waals surface area contributed by atoms with Crippen molar-refractivity contribution in [2.24, 2.45) is 5.92 Å². The van der Waals surface area contributed by atoms with E-state index in [0.717, 1.165) is 25.3 Å². The van der Waals surface area contributed by atoms with Crippen LogP contribution in [0.4, 0.5) is 0 Å². The Bertz CT molecular complexity index is 573. The van der Waals surface area contributed by atoms with Gasteiger partial charge < -0.3 is 19.5 Å². The number of halogens is 1. The average molecular weight is 342 g/mol. The Kier molecular flexibility index (Phi) is 5.70. The lowest BCUT2D eigenvalue weighted by Crippen LogP contribution is -2.52. The molecule has 0 aromatic carbocycles. The van der Waals surface area contributed by atoms with Gasteiger partial charge in [-0.05, 0) is 32.9 Å². The van der Waals surface area contributed by atoms with Crippen molar-refractivity contribution >= 4 is 24.2 Å². The van der Waals surface area contributed by atoms with Crippen LogP contribution in [0.3, 0.4) is 0 Å². The van der Waals surface area contributed by atoms with Crippen LogP contribution in [0.5, 0.6) is 0 Å². The highest BCUT2D eigenvalue weighted by Gasteiger charge is 2.31. The van der Waals surface area contributed by atoms with Gasteiger partial charge in [0.15, 0.2) is 0 Å². The SMILES string of the molecule is Cc1cc(C(=O)N2CCN(C(=O)C3CCNC3)CC2)c(C)o1.Cl. The van der Waals surface area contributed by atoms with E-state index in [1.165, 1.54) is 0 Å². The first-order valence-corrected chi connectivity index (χ1v) is 7.92. The molecule has 0 spiro atoms. The van der Waals surface area contributed by atoms with E-state index in [1.54, 1.807) is 6.07 Å². The van der Waals surface area contributed by atoms with Crippen LogP contribution in [0.1, 0.15) is 28.3 Å². The molecule has 23 heavy (non-hydrogen) atoms. The van der Waals surface area contributed by atoms with E-state index in [-0.39, 0.29) is 30.1 Å². The van der Waals surface area contributed by atoms with E-state index in [4.69, 9.17) is 4.42 Å². The van der Waals surface area contributed by atoms with Crippen LogP contribution >= 0.6 is 12.4 Å². The summed E-state index contributed by atoms with van der Waals surface area (Å²) < 4.78 is 5.43. The number of rotatable bonds is 2. The van der Waals surface area contributed by atoms with Crippen molar-refractivity contribution in [1.82, 2.24) is 15.1 Å². The number of aryl methyl sites for hydroxylation is 2. The summed E-state index contributed by atoms with van der Waals surface area (Å²) >= 11 is 0. The lowest BCUT2D eigenvalue weighted by molar-refractivity contribution is -0.136. The summed E-state index contributed by atoms with van der Waals surface area (Å²) in [7, 11) is 0. The van der Waals surface area contributed by atoms with Crippen LogP contribution < -0.4 is 5.32 Å². The summed E-state index contributed by atoms with van der Waals surface area (Å²) in [5.41, 5.74) is 0.636. The smallest absolute Gasteiger partial charge is 0.257 e. The maximum atomic E-state index is 12.5. The van der Waals surface area contributed by atoms with E-state index < -0.39 is 0 Å². The molecule has 2 saturated heterocycles. The zero-order chi connectivity index (χ0) is 15.7. The van der Waals surface area contributed by atoms with Gasteiger partial charge in [0.1, 0.15) is 11.5 Å². The molecule has 0 aliphatic carbocycles. The summed E-state index contributed by atoms with van der Waals surface area (Å²) in [5, 5.41) is 3.23. The van der Waals surface area contributed by atoms with Gasteiger partial charge in [-0.15, -0.1) is 12.4 Å². The molecule has 0 saturated carbocycles. The first kappa shape index (κ1) is 17.8. The number of hydrogen-bond donors (Lipinski definition) is 1. The van der Waals surface area contributed by atoms with E-state index in [9.17, 15) is 9.59 Å². The Hall–Kier alpha value is -1.53. The number of carbonyl (C=O) groups excluding carboxylic acids is 2. The molecular formula is C16H24ClN3O3. The van der Waals surface area contributed by atoms with E-state index in [0.29, 0.717) is 37.5 Å². The van der Waals surface area contributed by atoms with Crippen LogP contribution in [0.15, 0.2) is 10.5 Å². The van der Waals surface area contributed by atoms with Crippen LogP contribution in [0, 0.1) is 19.8 Å². The van der Waals surface area contributed by atoms with Crippen molar-refractivity contribution in [2.75, 3.05) is 39.3 Å². The molecule has 2 aliphatic rings. The molecule has 1 atom stereocenters. The maximum absolute atomic E-state index is 12.5. The first-order valence-electron chi connectivity index (χ1n) is 7.92. The summed E-state index contributed by atoms with van der Waals surface area (Å²) in [5.74, 6) is 1.76. The molecule has 0 bridgehead atoms. The van der Waals surface area contributed by atoms with Gasteiger partial charge in [0.2, 0.25) is 5.91 Å². The fraction of sp³-hybridized carbons (Fsp3) is 0.625. The van der Waals surface area contributed by atoms with Gasteiger partial charge >= 0.3 is 0 Å². The third kappa shape index (κ3) is 3.70. The number of nitrogens with one attached hydrogen (secondary N) is 1. The quantitative estimate of drug-likeness (QED) is 0.878. The molecule has 0 radical (unpaired) electrons. The summed E-state index contributed by atoms with van der Waals surface area (Å²) in [4.78, 5) is 28.6. The molecule has 2 aliphatic heterocycles. The minimum Gasteiger partial charge on any atom is -0.466 e. The monoisotopic (exact) mass is 341 g/mol. The molecule has 1 aromatic heterocycles. The summed E-state index contributed by atoms with van der Waals surface area (Å²) in [6, 6.07) is 1.79. The second kappa shape index (κ2) is 7.36. The van der Waals surface area contributed by atoms with Crippen molar-refractivity contribution in [3.05, 3.63) is 23.2 Å². The Morgan fingerprint density at radius 1 is 1.17 bits per heavy atom. The molecule has 1 N–H and O–H groups in total. The fourth-order valence-electron chi connectivity index (χ4n) is 3.27. The average Bonchev–Trinajstić information content (AvgIpc) is 3.15. The fourth-order valence-corrected chi connectivity index (χ4v) is 3.27. The topological polar surface area (TPSA) is 65.8 Å². The zero-order valence-electron chi connectivity index (χ0n) is 13.6. The third-order valence-electron chi connectivity index (χ3n) is 4.56. The number of nitrogens with zero attached hydrogens (tertiary/aromatic N) is 2. The van der Waals surface area contributed by atoms with Gasteiger partial charge in [0, 0.05) is 32.7 Å². The van der Waals surface area contributed by atoms with E-state index >= 15 is 0 Å². The molecule has 3 heterocycles. The molecule has 7 heteroatoms. The molecular weight excluding hydrogens is 318 g/mol. The van der Waals surface area contributed by atoms with Crippen molar-refractivity contribution < 1.29 is 14.0 Å².